The minimum atomic E-state index is -0.377. The molecule has 1 unspecified atom stereocenters. The van der Waals surface area contributed by atoms with E-state index in [0.717, 1.165) is 72.2 Å². The van der Waals surface area contributed by atoms with Crippen molar-refractivity contribution in [3.8, 4) is 11.4 Å². The van der Waals surface area contributed by atoms with E-state index in [0.29, 0.717) is 42.1 Å². The summed E-state index contributed by atoms with van der Waals surface area (Å²) >= 11 is 0. The van der Waals surface area contributed by atoms with Crippen LogP contribution in [0.3, 0.4) is 0 Å². The topological polar surface area (TPSA) is 160 Å². The zero-order chi connectivity index (χ0) is 39.6. The third-order valence-corrected chi connectivity index (χ3v) is 9.57. The molecule has 1 aliphatic rings. The number of carbonyl (C=O) groups is 2. The first-order chi connectivity index (χ1) is 27.8. The Hall–Kier alpha value is -6.38. The molecule has 6 aromatic rings. The standard InChI is InChI=1S/C43H48N10O4/c1-4-5-8-32-24-41(53(51-32)33-13-11-29(2)12-14-33)50-43(55)48-36-15-16-38(35-10-7-6-9-34(35)36)57-28-31-17-18-44-39(23-31)49-40-26-45-37(25-46-40)42(54)47-30(3)27-52-19-21-56-22-20-52/h6-7,9-18,23-26,30H,4-5,8,19-22,27-28H2,1-3H3,(H,47,54)(H,44,46,49)(H2,48,50,55). The molecule has 4 heterocycles. The van der Waals surface area contributed by atoms with Gasteiger partial charge in [0, 0.05) is 48.7 Å². The number of fused-ring (bicyclic) bond motifs is 1. The van der Waals surface area contributed by atoms with E-state index in [2.05, 4.69) is 48.0 Å². The summed E-state index contributed by atoms with van der Waals surface area (Å²) in [6.45, 7) is 10.3. The van der Waals surface area contributed by atoms with Gasteiger partial charge in [-0.15, -0.1) is 0 Å². The Balaban J connectivity index is 0.967. The van der Waals surface area contributed by atoms with Crippen LogP contribution in [0.2, 0.25) is 0 Å². The van der Waals surface area contributed by atoms with Crippen LogP contribution in [0.5, 0.6) is 5.75 Å². The lowest BCUT2D eigenvalue weighted by atomic mass is 10.1. The van der Waals surface area contributed by atoms with Crippen LogP contribution in [0.25, 0.3) is 16.5 Å². The molecule has 7 rings (SSSR count). The van der Waals surface area contributed by atoms with Crippen molar-refractivity contribution in [1.29, 1.82) is 0 Å². The third-order valence-electron chi connectivity index (χ3n) is 9.57. The van der Waals surface area contributed by atoms with E-state index in [1.54, 1.807) is 10.9 Å². The van der Waals surface area contributed by atoms with Crippen molar-refractivity contribution in [2.24, 2.45) is 0 Å². The number of aromatic nitrogens is 5. The van der Waals surface area contributed by atoms with Crippen LogP contribution in [0, 0.1) is 6.92 Å². The SMILES string of the molecule is CCCCc1cc(NC(=O)Nc2ccc(OCc3ccnc(Nc4cnc(C(=O)NC(C)CN5CCOCC5)cn4)c3)c3ccccc23)n(-c2ccc(C)cc2)n1. The van der Waals surface area contributed by atoms with Crippen molar-refractivity contribution >= 4 is 45.9 Å². The Morgan fingerprint density at radius 2 is 1.70 bits per heavy atom. The van der Waals surface area contributed by atoms with Crippen LogP contribution in [-0.4, -0.2) is 80.5 Å². The fraction of sp³-hybridized carbons (Fsp3) is 0.302. The van der Waals surface area contributed by atoms with Crippen LogP contribution in [-0.2, 0) is 17.8 Å². The Kier molecular flexibility index (Phi) is 12.6. The number of aryl methyl sites for hydroxylation is 2. The first-order valence-corrected chi connectivity index (χ1v) is 19.3. The highest BCUT2D eigenvalue weighted by Crippen LogP contribution is 2.32. The number of nitrogens with zero attached hydrogens (tertiary/aromatic N) is 6. The fourth-order valence-electron chi connectivity index (χ4n) is 6.61. The van der Waals surface area contributed by atoms with Gasteiger partial charge < -0.3 is 25.4 Å². The molecular weight excluding hydrogens is 721 g/mol. The molecule has 1 aliphatic heterocycles. The summed E-state index contributed by atoms with van der Waals surface area (Å²) in [7, 11) is 0. The van der Waals surface area contributed by atoms with Crippen molar-refractivity contribution in [3.05, 3.63) is 120 Å². The van der Waals surface area contributed by atoms with Gasteiger partial charge >= 0.3 is 6.03 Å². The predicted molar refractivity (Wildman–Crippen MR) is 222 cm³/mol. The van der Waals surface area contributed by atoms with Gasteiger partial charge in [-0.25, -0.2) is 24.4 Å². The van der Waals surface area contributed by atoms with Gasteiger partial charge in [0.1, 0.15) is 35.5 Å². The number of pyridine rings is 1. The molecule has 294 valence electrons. The third kappa shape index (κ3) is 10.3. The normalized spacial score (nSPS) is 13.5. The minimum Gasteiger partial charge on any atom is -0.488 e. The molecule has 1 saturated heterocycles. The Morgan fingerprint density at radius 3 is 2.47 bits per heavy atom. The molecule has 4 N–H and O–H groups in total. The number of ether oxygens (including phenoxy) is 2. The fourth-order valence-corrected chi connectivity index (χ4v) is 6.61. The number of anilines is 4. The summed E-state index contributed by atoms with van der Waals surface area (Å²) in [5, 5.41) is 18.7. The van der Waals surface area contributed by atoms with Crippen LogP contribution in [0.15, 0.2) is 97.5 Å². The molecule has 3 amide bonds. The predicted octanol–water partition coefficient (Wildman–Crippen LogP) is 7.28. The molecule has 14 nitrogen and oxygen atoms in total. The second-order valence-electron chi connectivity index (χ2n) is 14.1. The Bertz CT molecular complexity index is 2290. The number of hydrogen-bond acceptors (Lipinski definition) is 10. The highest BCUT2D eigenvalue weighted by molar-refractivity contribution is 6.07. The average Bonchev–Trinajstić information content (AvgIpc) is 3.62. The first kappa shape index (κ1) is 38.9. The number of hydrogen-bond donors (Lipinski definition) is 4. The van der Waals surface area contributed by atoms with Gasteiger partial charge in [-0.2, -0.15) is 5.10 Å². The van der Waals surface area contributed by atoms with Gasteiger partial charge in [-0.05, 0) is 68.7 Å². The molecule has 0 saturated carbocycles. The lowest BCUT2D eigenvalue weighted by Crippen LogP contribution is -2.46. The number of unbranched alkanes of at least 4 members (excludes halogenated alkanes) is 1. The number of carbonyl (C=O) groups excluding carboxylic acids is 2. The molecule has 0 bridgehead atoms. The van der Waals surface area contributed by atoms with E-state index in [1.807, 2.05) is 92.7 Å². The van der Waals surface area contributed by atoms with E-state index in [9.17, 15) is 9.59 Å². The van der Waals surface area contributed by atoms with E-state index in [-0.39, 0.29) is 30.3 Å². The molecule has 3 aromatic carbocycles. The zero-order valence-electron chi connectivity index (χ0n) is 32.5. The smallest absolute Gasteiger partial charge is 0.324 e. The number of nitrogens with one attached hydrogen (secondary N) is 4. The van der Waals surface area contributed by atoms with Crippen molar-refractivity contribution < 1.29 is 19.1 Å². The molecule has 0 spiro atoms. The maximum atomic E-state index is 13.5. The molecule has 3 aromatic heterocycles. The second kappa shape index (κ2) is 18.5. The number of morpholine rings is 1. The number of rotatable bonds is 15. The van der Waals surface area contributed by atoms with Crippen molar-refractivity contribution in [1.82, 2.24) is 34.9 Å². The minimum absolute atomic E-state index is 0.0422. The number of benzene rings is 3. The largest absolute Gasteiger partial charge is 0.488 e. The van der Waals surface area contributed by atoms with Crippen molar-refractivity contribution in [2.45, 2.75) is 52.7 Å². The lowest BCUT2D eigenvalue weighted by molar-refractivity contribution is 0.0342. The molecule has 0 radical (unpaired) electrons. The maximum Gasteiger partial charge on any atom is 0.324 e. The van der Waals surface area contributed by atoms with E-state index < -0.39 is 0 Å². The van der Waals surface area contributed by atoms with Crippen LogP contribution >= 0.6 is 0 Å². The van der Waals surface area contributed by atoms with Crippen molar-refractivity contribution in [2.75, 3.05) is 48.8 Å². The molecule has 1 atom stereocenters. The van der Waals surface area contributed by atoms with Crippen LogP contribution in [0.4, 0.5) is 27.9 Å². The summed E-state index contributed by atoms with van der Waals surface area (Å²) in [6, 6.07) is 24.8. The second-order valence-corrected chi connectivity index (χ2v) is 14.1. The molecule has 0 aliphatic carbocycles. The molecular formula is C43H48N10O4. The van der Waals surface area contributed by atoms with Gasteiger partial charge in [-0.3, -0.25) is 15.0 Å². The Morgan fingerprint density at radius 1 is 0.895 bits per heavy atom. The van der Waals surface area contributed by atoms with Gasteiger partial charge in [0.15, 0.2) is 0 Å². The van der Waals surface area contributed by atoms with Crippen LogP contribution < -0.4 is 26.0 Å². The average molecular weight is 769 g/mol. The summed E-state index contributed by atoms with van der Waals surface area (Å²) < 4.78 is 13.5. The summed E-state index contributed by atoms with van der Waals surface area (Å²) in [6.07, 6.45) is 7.54. The van der Waals surface area contributed by atoms with E-state index in [4.69, 9.17) is 14.6 Å². The number of urea groups is 1. The number of amides is 3. The zero-order valence-corrected chi connectivity index (χ0v) is 32.5. The summed E-state index contributed by atoms with van der Waals surface area (Å²) in [5.41, 5.74) is 4.70. The Labute approximate surface area is 332 Å². The lowest BCUT2D eigenvalue weighted by Gasteiger charge is -2.29. The van der Waals surface area contributed by atoms with Gasteiger partial charge in [0.05, 0.1) is 42.7 Å². The molecule has 57 heavy (non-hydrogen) atoms. The summed E-state index contributed by atoms with van der Waals surface area (Å²) in [5.74, 6) is 1.99. The summed E-state index contributed by atoms with van der Waals surface area (Å²) in [4.78, 5) is 41.6. The van der Waals surface area contributed by atoms with Gasteiger partial charge in [0.2, 0.25) is 0 Å². The molecule has 14 heteroatoms. The quantitative estimate of drug-likeness (QED) is 0.0836. The van der Waals surface area contributed by atoms with Gasteiger partial charge in [0.25, 0.3) is 5.91 Å². The first-order valence-electron chi connectivity index (χ1n) is 19.3. The van der Waals surface area contributed by atoms with Crippen LogP contribution in [0.1, 0.15) is 54.0 Å². The highest BCUT2D eigenvalue weighted by atomic mass is 16.5. The maximum absolute atomic E-state index is 13.5. The van der Waals surface area contributed by atoms with E-state index in [1.165, 1.54) is 12.4 Å². The van der Waals surface area contributed by atoms with E-state index >= 15 is 0 Å². The van der Waals surface area contributed by atoms with Crippen molar-refractivity contribution in [3.63, 3.8) is 0 Å². The monoisotopic (exact) mass is 768 g/mol. The molecule has 1 fully saturated rings. The van der Waals surface area contributed by atoms with Gasteiger partial charge in [-0.1, -0.05) is 55.3 Å². The highest BCUT2D eigenvalue weighted by Gasteiger charge is 2.18.